The first-order chi connectivity index (χ1) is 9.95. The van der Waals surface area contributed by atoms with E-state index < -0.39 is 11.7 Å². The van der Waals surface area contributed by atoms with Gasteiger partial charge in [0.1, 0.15) is 0 Å². The summed E-state index contributed by atoms with van der Waals surface area (Å²) in [6.45, 7) is 2.07. The number of piperidine rings is 1. The molecule has 2 unspecified atom stereocenters. The van der Waals surface area contributed by atoms with Crippen LogP contribution in [0.25, 0.3) is 0 Å². The Labute approximate surface area is 127 Å². The lowest BCUT2D eigenvalue weighted by Crippen LogP contribution is -2.43. The SMILES string of the molecule is FC(F)(F)c1cccc(Cl)c1NC1CCN2CCCC2C1. The maximum atomic E-state index is 13.1. The van der Waals surface area contributed by atoms with E-state index in [0.29, 0.717) is 6.04 Å². The summed E-state index contributed by atoms with van der Waals surface area (Å²) in [7, 11) is 0. The van der Waals surface area contributed by atoms with Crippen molar-refractivity contribution in [2.45, 2.75) is 43.9 Å². The second-order valence-corrected chi connectivity index (χ2v) is 6.27. The number of para-hydroxylation sites is 1. The molecule has 0 aromatic heterocycles. The summed E-state index contributed by atoms with van der Waals surface area (Å²) in [5.74, 6) is 0. The summed E-state index contributed by atoms with van der Waals surface area (Å²) in [5.41, 5.74) is -0.646. The topological polar surface area (TPSA) is 15.3 Å². The number of hydrogen-bond acceptors (Lipinski definition) is 2. The van der Waals surface area contributed by atoms with Gasteiger partial charge in [-0.1, -0.05) is 17.7 Å². The molecule has 2 aliphatic heterocycles. The van der Waals surface area contributed by atoms with Crippen molar-refractivity contribution in [2.75, 3.05) is 18.4 Å². The number of benzene rings is 1. The van der Waals surface area contributed by atoms with E-state index in [4.69, 9.17) is 11.6 Å². The van der Waals surface area contributed by atoms with Gasteiger partial charge < -0.3 is 10.2 Å². The predicted molar refractivity (Wildman–Crippen MR) is 77.7 cm³/mol. The summed E-state index contributed by atoms with van der Waals surface area (Å²) in [6.07, 6.45) is -0.299. The van der Waals surface area contributed by atoms with Gasteiger partial charge >= 0.3 is 6.18 Å². The molecule has 0 bridgehead atoms. The maximum absolute atomic E-state index is 13.1. The Balaban J connectivity index is 1.78. The normalized spacial score (nSPS) is 26.7. The van der Waals surface area contributed by atoms with Gasteiger partial charge in [0, 0.05) is 18.6 Å². The summed E-state index contributed by atoms with van der Waals surface area (Å²) >= 11 is 5.99. The Kier molecular flexibility index (Phi) is 4.06. The van der Waals surface area contributed by atoms with Crippen LogP contribution in [0.3, 0.4) is 0 Å². The highest BCUT2D eigenvalue weighted by atomic mass is 35.5. The Bertz CT molecular complexity index is 518. The van der Waals surface area contributed by atoms with Gasteiger partial charge in [-0.3, -0.25) is 0 Å². The summed E-state index contributed by atoms with van der Waals surface area (Å²) in [6, 6.07) is 4.50. The highest BCUT2D eigenvalue weighted by Crippen LogP contribution is 2.40. The monoisotopic (exact) mass is 318 g/mol. The number of anilines is 1. The van der Waals surface area contributed by atoms with Gasteiger partial charge in [-0.2, -0.15) is 13.2 Å². The number of alkyl halides is 3. The fourth-order valence-corrected chi connectivity index (χ4v) is 3.70. The highest BCUT2D eigenvalue weighted by Gasteiger charge is 2.36. The molecule has 2 aliphatic rings. The predicted octanol–water partition coefficient (Wildman–Crippen LogP) is 4.40. The third-order valence-corrected chi connectivity index (χ3v) is 4.80. The van der Waals surface area contributed by atoms with E-state index in [2.05, 4.69) is 10.2 Å². The molecule has 1 N–H and O–H groups in total. The van der Waals surface area contributed by atoms with E-state index in [-0.39, 0.29) is 16.8 Å². The van der Waals surface area contributed by atoms with E-state index >= 15 is 0 Å². The van der Waals surface area contributed by atoms with Crippen LogP contribution in [-0.4, -0.2) is 30.1 Å². The molecule has 0 spiro atoms. The summed E-state index contributed by atoms with van der Waals surface area (Å²) in [4.78, 5) is 2.44. The zero-order chi connectivity index (χ0) is 15.0. The Morgan fingerprint density at radius 3 is 2.76 bits per heavy atom. The maximum Gasteiger partial charge on any atom is 0.418 e. The van der Waals surface area contributed by atoms with Crippen molar-refractivity contribution >= 4 is 17.3 Å². The molecule has 3 rings (SSSR count). The van der Waals surface area contributed by atoms with Crippen molar-refractivity contribution in [1.29, 1.82) is 0 Å². The largest absolute Gasteiger partial charge is 0.418 e. The van der Waals surface area contributed by atoms with Crippen molar-refractivity contribution in [3.05, 3.63) is 28.8 Å². The molecule has 2 heterocycles. The van der Waals surface area contributed by atoms with E-state index in [1.807, 2.05) is 0 Å². The van der Waals surface area contributed by atoms with Crippen LogP contribution >= 0.6 is 11.6 Å². The Morgan fingerprint density at radius 2 is 2.00 bits per heavy atom. The van der Waals surface area contributed by atoms with Crippen molar-refractivity contribution in [3.8, 4) is 0 Å². The van der Waals surface area contributed by atoms with Crippen LogP contribution in [0, 0.1) is 0 Å². The lowest BCUT2D eigenvalue weighted by molar-refractivity contribution is -0.137. The third kappa shape index (κ3) is 3.14. The molecule has 6 heteroatoms. The van der Waals surface area contributed by atoms with Gasteiger partial charge in [-0.25, -0.2) is 0 Å². The molecular weight excluding hydrogens is 301 g/mol. The molecular formula is C15H18ClF3N2. The van der Waals surface area contributed by atoms with Gasteiger partial charge in [0.2, 0.25) is 0 Å². The fraction of sp³-hybridized carbons (Fsp3) is 0.600. The molecule has 1 aromatic carbocycles. The molecule has 0 aliphatic carbocycles. The van der Waals surface area contributed by atoms with Crippen LogP contribution in [0.5, 0.6) is 0 Å². The second kappa shape index (κ2) is 5.69. The Hall–Kier alpha value is -0.940. The number of hydrogen-bond donors (Lipinski definition) is 1. The van der Waals surface area contributed by atoms with Crippen LogP contribution < -0.4 is 5.32 Å². The lowest BCUT2D eigenvalue weighted by atomic mass is 9.97. The molecule has 0 radical (unpaired) electrons. The van der Waals surface area contributed by atoms with Gasteiger partial charge in [-0.15, -0.1) is 0 Å². The number of halogens is 4. The average molecular weight is 319 g/mol. The van der Waals surface area contributed by atoms with Crippen LogP contribution in [0.4, 0.5) is 18.9 Å². The van der Waals surface area contributed by atoms with E-state index in [1.165, 1.54) is 18.6 Å². The highest BCUT2D eigenvalue weighted by molar-refractivity contribution is 6.33. The van der Waals surface area contributed by atoms with Crippen molar-refractivity contribution in [3.63, 3.8) is 0 Å². The molecule has 21 heavy (non-hydrogen) atoms. The van der Waals surface area contributed by atoms with Gasteiger partial charge in [0.15, 0.2) is 0 Å². The average Bonchev–Trinajstić information content (AvgIpc) is 2.87. The molecule has 2 atom stereocenters. The fourth-order valence-electron chi connectivity index (χ4n) is 3.47. The number of nitrogens with zero attached hydrogens (tertiary/aromatic N) is 1. The molecule has 1 aromatic rings. The summed E-state index contributed by atoms with van der Waals surface area (Å²) in [5, 5.41) is 3.20. The first-order valence-corrected chi connectivity index (χ1v) is 7.69. The standard InChI is InChI=1S/C15H18ClF3N2/c16-13-5-1-4-12(15(17,18)19)14(13)20-10-6-8-21-7-2-3-11(21)9-10/h1,4-5,10-11,20H,2-3,6-9H2. The van der Waals surface area contributed by atoms with E-state index in [0.717, 1.165) is 38.4 Å². The molecule has 0 amide bonds. The molecule has 2 saturated heterocycles. The van der Waals surface area contributed by atoms with E-state index in [9.17, 15) is 13.2 Å². The minimum atomic E-state index is -4.39. The first kappa shape index (κ1) is 15.0. The van der Waals surface area contributed by atoms with Gasteiger partial charge in [-0.05, 0) is 44.4 Å². The zero-order valence-electron chi connectivity index (χ0n) is 11.6. The van der Waals surface area contributed by atoms with Crippen LogP contribution in [0.15, 0.2) is 18.2 Å². The van der Waals surface area contributed by atoms with Crippen LogP contribution in [0.2, 0.25) is 5.02 Å². The molecule has 116 valence electrons. The number of fused-ring (bicyclic) bond motifs is 1. The smallest absolute Gasteiger partial charge is 0.381 e. The number of nitrogens with one attached hydrogen (secondary N) is 1. The third-order valence-electron chi connectivity index (χ3n) is 4.49. The van der Waals surface area contributed by atoms with Crippen molar-refractivity contribution < 1.29 is 13.2 Å². The zero-order valence-corrected chi connectivity index (χ0v) is 12.3. The molecule has 2 nitrogen and oxygen atoms in total. The molecule has 2 fully saturated rings. The van der Waals surface area contributed by atoms with Gasteiger partial charge in [0.05, 0.1) is 16.3 Å². The molecule has 0 saturated carbocycles. The summed E-state index contributed by atoms with van der Waals surface area (Å²) < 4.78 is 39.3. The lowest BCUT2D eigenvalue weighted by Gasteiger charge is -2.36. The quantitative estimate of drug-likeness (QED) is 0.869. The second-order valence-electron chi connectivity index (χ2n) is 5.86. The van der Waals surface area contributed by atoms with Gasteiger partial charge in [0.25, 0.3) is 0 Å². The van der Waals surface area contributed by atoms with Crippen LogP contribution in [0.1, 0.15) is 31.2 Å². The number of rotatable bonds is 2. The van der Waals surface area contributed by atoms with Crippen LogP contribution in [-0.2, 0) is 6.18 Å². The Morgan fingerprint density at radius 1 is 1.19 bits per heavy atom. The van der Waals surface area contributed by atoms with Crippen molar-refractivity contribution in [1.82, 2.24) is 4.90 Å². The van der Waals surface area contributed by atoms with E-state index in [1.54, 1.807) is 0 Å². The minimum Gasteiger partial charge on any atom is -0.381 e. The first-order valence-electron chi connectivity index (χ1n) is 7.31. The van der Waals surface area contributed by atoms with Crippen molar-refractivity contribution in [2.24, 2.45) is 0 Å². The minimum absolute atomic E-state index is 0.0307.